The molecule has 2 amide bonds. The van der Waals surface area contributed by atoms with Gasteiger partial charge < -0.3 is 15.6 Å². The molecule has 26 heavy (non-hydrogen) atoms. The van der Waals surface area contributed by atoms with Crippen molar-refractivity contribution < 1.29 is 9.59 Å². The Labute approximate surface area is 156 Å². The summed E-state index contributed by atoms with van der Waals surface area (Å²) in [7, 11) is 0. The van der Waals surface area contributed by atoms with Gasteiger partial charge in [0, 0.05) is 33.8 Å². The Morgan fingerprint density at radius 1 is 1.15 bits per heavy atom. The fourth-order valence-corrected chi connectivity index (χ4v) is 3.63. The molecule has 3 N–H and O–H groups in total. The Kier molecular flexibility index (Phi) is 5.63. The number of thioether (sulfide) groups is 1. The number of aryl methyl sites for hydroxylation is 2. The molecule has 0 aliphatic carbocycles. The van der Waals surface area contributed by atoms with Crippen LogP contribution in [0.5, 0.6) is 0 Å². The van der Waals surface area contributed by atoms with Crippen LogP contribution in [0.3, 0.4) is 0 Å². The number of anilines is 1. The number of H-pyrrole nitrogens is 1. The highest BCUT2D eigenvalue weighted by molar-refractivity contribution is 7.99. The third-order valence-corrected chi connectivity index (χ3v) is 5.22. The Morgan fingerprint density at radius 3 is 2.77 bits per heavy atom. The molecule has 2 aromatic carbocycles. The molecule has 3 aromatic rings. The first-order valence-corrected chi connectivity index (χ1v) is 9.36. The van der Waals surface area contributed by atoms with E-state index < -0.39 is 0 Å². The van der Waals surface area contributed by atoms with E-state index in [9.17, 15) is 9.59 Å². The molecule has 1 heterocycles. The molecule has 5 nitrogen and oxygen atoms in total. The van der Waals surface area contributed by atoms with Gasteiger partial charge in [-0.3, -0.25) is 9.59 Å². The number of amides is 2. The van der Waals surface area contributed by atoms with Crippen LogP contribution in [0.2, 0.25) is 0 Å². The van der Waals surface area contributed by atoms with E-state index in [0.717, 1.165) is 38.4 Å². The van der Waals surface area contributed by atoms with Gasteiger partial charge in [-0.25, -0.2) is 0 Å². The smallest absolute Gasteiger partial charge is 0.272 e. The second-order valence-corrected chi connectivity index (χ2v) is 7.27. The molecule has 0 atom stereocenters. The summed E-state index contributed by atoms with van der Waals surface area (Å²) in [6, 6.07) is 13.8. The van der Waals surface area contributed by atoms with Crippen molar-refractivity contribution >= 4 is 40.7 Å². The van der Waals surface area contributed by atoms with Gasteiger partial charge in [-0.15, -0.1) is 11.8 Å². The van der Waals surface area contributed by atoms with E-state index in [1.807, 2.05) is 50.2 Å². The summed E-state index contributed by atoms with van der Waals surface area (Å²) in [6.45, 7) is 4.67. The zero-order valence-electron chi connectivity index (χ0n) is 14.8. The van der Waals surface area contributed by atoms with Crippen molar-refractivity contribution in [1.82, 2.24) is 10.3 Å². The van der Waals surface area contributed by atoms with Crippen molar-refractivity contribution in [3.8, 4) is 0 Å². The minimum Gasteiger partial charge on any atom is -0.358 e. The molecule has 0 fully saturated rings. The van der Waals surface area contributed by atoms with Crippen LogP contribution in [0.1, 0.15) is 21.6 Å². The number of carbonyl (C=O) groups excluding carboxylic acids is 2. The largest absolute Gasteiger partial charge is 0.358 e. The maximum absolute atomic E-state index is 12.5. The van der Waals surface area contributed by atoms with Crippen LogP contribution in [0.15, 0.2) is 47.4 Å². The molecular formula is C20H21N3O2S. The highest BCUT2D eigenvalue weighted by Crippen LogP contribution is 2.25. The van der Waals surface area contributed by atoms with Crippen LogP contribution in [-0.4, -0.2) is 29.6 Å². The number of nitrogens with one attached hydrogen (secondary N) is 3. The summed E-state index contributed by atoms with van der Waals surface area (Å²) in [5, 5.41) is 6.62. The van der Waals surface area contributed by atoms with Crippen molar-refractivity contribution in [2.24, 2.45) is 0 Å². The van der Waals surface area contributed by atoms with Gasteiger partial charge in [0.1, 0.15) is 5.69 Å². The Morgan fingerprint density at radius 2 is 2.00 bits per heavy atom. The van der Waals surface area contributed by atoms with Gasteiger partial charge in [-0.1, -0.05) is 11.6 Å². The Hall–Kier alpha value is -2.73. The topological polar surface area (TPSA) is 74.0 Å². The minimum atomic E-state index is -0.158. The van der Waals surface area contributed by atoms with Crippen LogP contribution in [0.4, 0.5) is 5.69 Å². The number of benzene rings is 2. The first kappa shape index (κ1) is 18.1. The van der Waals surface area contributed by atoms with E-state index in [0.29, 0.717) is 18.6 Å². The second-order valence-electron chi connectivity index (χ2n) is 6.13. The van der Waals surface area contributed by atoms with Crippen molar-refractivity contribution in [3.05, 3.63) is 59.3 Å². The third-order valence-electron chi connectivity index (χ3n) is 4.04. The van der Waals surface area contributed by atoms with Gasteiger partial charge in [-0.2, -0.15) is 0 Å². The zero-order valence-corrected chi connectivity index (χ0v) is 15.6. The van der Waals surface area contributed by atoms with Crippen LogP contribution in [0.25, 0.3) is 10.9 Å². The lowest BCUT2D eigenvalue weighted by Gasteiger charge is -2.09. The standard InChI is InChI=1S/C20H21N3O2S/c1-13-3-5-17-15(9-13)11-18(23-17)20(25)22-16-4-6-19(14(2)10-16)26-8-7-21-12-24/h3-6,9-12,23H,7-8H2,1-2H3,(H,21,24)(H,22,25). The minimum absolute atomic E-state index is 0.158. The Balaban J connectivity index is 1.68. The van der Waals surface area contributed by atoms with Crippen LogP contribution in [0, 0.1) is 13.8 Å². The highest BCUT2D eigenvalue weighted by atomic mass is 32.2. The lowest BCUT2D eigenvalue weighted by molar-refractivity contribution is -0.109. The Bertz CT molecular complexity index is 949. The molecular weight excluding hydrogens is 346 g/mol. The average Bonchev–Trinajstić information content (AvgIpc) is 3.03. The number of carbonyl (C=O) groups is 2. The van der Waals surface area contributed by atoms with E-state index in [2.05, 4.69) is 21.7 Å². The summed E-state index contributed by atoms with van der Waals surface area (Å²) in [5.41, 5.74) is 4.51. The van der Waals surface area contributed by atoms with Gasteiger partial charge in [0.25, 0.3) is 5.91 Å². The summed E-state index contributed by atoms with van der Waals surface area (Å²) < 4.78 is 0. The molecule has 0 aliphatic rings. The molecule has 6 heteroatoms. The van der Waals surface area contributed by atoms with Crippen LogP contribution < -0.4 is 10.6 Å². The quantitative estimate of drug-likeness (QED) is 0.337. The van der Waals surface area contributed by atoms with Gasteiger partial charge in [0.2, 0.25) is 6.41 Å². The molecule has 0 saturated carbocycles. The predicted molar refractivity (Wildman–Crippen MR) is 107 cm³/mol. The van der Waals surface area contributed by atoms with Crippen molar-refractivity contribution in [3.63, 3.8) is 0 Å². The van der Waals surface area contributed by atoms with Gasteiger partial charge in [0.05, 0.1) is 0 Å². The molecule has 134 valence electrons. The number of fused-ring (bicyclic) bond motifs is 1. The molecule has 0 bridgehead atoms. The number of hydrogen-bond acceptors (Lipinski definition) is 3. The summed E-state index contributed by atoms with van der Waals surface area (Å²) >= 11 is 1.67. The lowest BCUT2D eigenvalue weighted by Crippen LogP contribution is -2.14. The fourth-order valence-electron chi connectivity index (χ4n) is 2.74. The molecule has 0 spiro atoms. The second kappa shape index (κ2) is 8.10. The monoisotopic (exact) mass is 367 g/mol. The van der Waals surface area contributed by atoms with Gasteiger partial charge >= 0.3 is 0 Å². The first-order valence-electron chi connectivity index (χ1n) is 8.38. The average molecular weight is 367 g/mol. The molecule has 0 saturated heterocycles. The maximum atomic E-state index is 12.5. The van der Waals surface area contributed by atoms with Crippen molar-refractivity contribution in [2.75, 3.05) is 17.6 Å². The van der Waals surface area contributed by atoms with E-state index >= 15 is 0 Å². The summed E-state index contributed by atoms with van der Waals surface area (Å²) in [4.78, 5) is 27.1. The number of rotatable bonds is 7. The third kappa shape index (κ3) is 4.26. The van der Waals surface area contributed by atoms with E-state index in [1.54, 1.807) is 11.8 Å². The van der Waals surface area contributed by atoms with E-state index in [1.165, 1.54) is 0 Å². The number of aromatic nitrogens is 1. The summed E-state index contributed by atoms with van der Waals surface area (Å²) in [6.07, 6.45) is 0.706. The molecule has 0 aliphatic heterocycles. The molecule has 1 aromatic heterocycles. The SMILES string of the molecule is Cc1ccc2[nH]c(C(=O)Nc3ccc(SCCNC=O)c(C)c3)cc2c1. The predicted octanol–water partition coefficient (Wildman–Crippen LogP) is 3.88. The molecule has 0 unspecified atom stereocenters. The summed E-state index contributed by atoms with van der Waals surface area (Å²) in [5.74, 6) is 0.647. The number of aromatic amines is 1. The number of hydrogen-bond donors (Lipinski definition) is 3. The van der Waals surface area contributed by atoms with Crippen LogP contribution in [-0.2, 0) is 4.79 Å². The van der Waals surface area contributed by atoms with E-state index in [4.69, 9.17) is 0 Å². The van der Waals surface area contributed by atoms with Crippen LogP contribution >= 0.6 is 11.8 Å². The normalized spacial score (nSPS) is 10.7. The lowest BCUT2D eigenvalue weighted by atomic mass is 10.2. The molecule has 3 rings (SSSR count). The van der Waals surface area contributed by atoms with Gasteiger partial charge in [-0.05, 0) is 55.8 Å². The van der Waals surface area contributed by atoms with E-state index in [-0.39, 0.29) is 5.91 Å². The van der Waals surface area contributed by atoms with Crippen molar-refractivity contribution in [1.29, 1.82) is 0 Å². The fraction of sp³-hybridized carbons (Fsp3) is 0.200. The highest BCUT2D eigenvalue weighted by Gasteiger charge is 2.11. The molecule has 0 radical (unpaired) electrons. The first-order chi connectivity index (χ1) is 12.6. The maximum Gasteiger partial charge on any atom is 0.272 e. The zero-order chi connectivity index (χ0) is 18.5. The van der Waals surface area contributed by atoms with Gasteiger partial charge in [0.15, 0.2) is 0 Å². The van der Waals surface area contributed by atoms with Crippen molar-refractivity contribution in [2.45, 2.75) is 18.7 Å².